The van der Waals surface area contributed by atoms with E-state index in [0.717, 1.165) is 58.2 Å². The summed E-state index contributed by atoms with van der Waals surface area (Å²) in [5, 5.41) is 3.85. The molecule has 0 radical (unpaired) electrons. The molecule has 6 nitrogen and oxygen atoms in total. The molecule has 1 N–H and O–H groups in total. The molecule has 42 heavy (non-hydrogen) atoms. The number of benzene rings is 2. The van der Waals surface area contributed by atoms with Gasteiger partial charge in [-0.25, -0.2) is 9.79 Å². The molecule has 0 spiro atoms. The first-order chi connectivity index (χ1) is 20.1. The van der Waals surface area contributed by atoms with E-state index in [1.54, 1.807) is 30.4 Å². The average Bonchev–Trinajstić information content (AvgIpc) is 3.47. The predicted molar refractivity (Wildman–Crippen MR) is 172 cm³/mol. The van der Waals surface area contributed by atoms with Gasteiger partial charge in [-0.05, 0) is 99.4 Å². The summed E-state index contributed by atoms with van der Waals surface area (Å²) in [5.41, 5.74) is 7.39. The van der Waals surface area contributed by atoms with Crippen LogP contribution in [0.3, 0.4) is 0 Å². The smallest absolute Gasteiger partial charge is 0.338 e. The van der Waals surface area contributed by atoms with Crippen molar-refractivity contribution < 1.29 is 14.3 Å². The largest absolute Gasteiger partial charge is 0.462 e. The minimum Gasteiger partial charge on any atom is -0.462 e. The van der Waals surface area contributed by atoms with E-state index in [4.69, 9.17) is 9.73 Å². The minimum absolute atomic E-state index is 0.104. The Hall–Kier alpha value is -3.97. The highest BCUT2D eigenvalue weighted by Crippen LogP contribution is 2.45. The maximum Gasteiger partial charge on any atom is 0.338 e. The number of hydrogen-bond acceptors (Lipinski definition) is 5. The Kier molecular flexibility index (Phi) is 8.50. The molecule has 5 rings (SSSR count). The molecule has 4 aromatic rings. The number of aliphatic imine (C=N–C) groups is 1. The second-order valence-electron chi connectivity index (χ2n) is 12.0. The van der Waals surface area contributed by atoms with Crippen molar-refractivity contribution in [3.63, 3.8) is 0 Å². The van der Waals surface area contributed by atoms with Crippen LogP contribution in [0.15, 0.2) is 65.7 Å². The Morgan fingerprint density at radius 2 is 1.81 bits per heavy atom. The number of aryl methyl sites for hydroxylation is 1. The molecule has 0 bridgehead atoms. The number of carbonyl (C=O) groups excluding carboxylic acids is 2. The number of anilines is 1. The number of nitrogens with zero attached hydrogens (tertiary/aromatic N) is 2. The Bertz CT molecular complexity index is 1620. The van der Waals surface area contributed by atoms with Gasteiger partial charge in [0.1, 0.15) is 5.00 Å². The fraction of sp³-hybridized carbons (Fsp3) is 0.343. The van der Waals surface area contributed by atoms with E-state index in [2.05, 4.69) is 50.6 Å². The number of ether oxygens (including phenoxy) is 1. The number of rotatable bonds is 7. The lowest BCUT2D eigenvalue weighted by atomic mass is 9.72. The van der Waals surface area contributed by atoms with Crippen molar-refractivity contribution in [2.45, 2.75) is 60.8 Å². The second-order valence-corrected chi connectivity index (χ2v) is 13.1. The minimum atomic E-state index is -0.322. The van der Waals surface area contributed by atoms with E-state index >= 15 is 0 Å². The number of nitrogens with one attached hydrogen (secondary N) is 1. The predicted octanol–water partition coefficient (Wildman–Crippen LogP) is 8.49. The van der Waals surface area contributed by atoms with Gasteiger partial charge in [-0.3, -0.25) is 4.79 Å². The zero-order chi connectivity index (χ0) is 30.0. The second kappa shape index (κ2) is 12.1. The Balaban J connectivity index is 1.48. The van der Waals surface area contributed by atoms with Gasteiger partial charge in [0.25, 0.3) is 5.91 Å². The molecule has 2 heterocycles. The molecule has 1 aliphatic carbocycles. The zero-order valence-corrected chi connectivity index (χ0v) is 26.1. The van der Waals surface area contributed by atoms with Crippen LogP contribution in [0.2, 0.25) is 0 Å². The first-order valence-corrected chi connectivity index (χ1v) is 15.4. The lowest BCUT2D eigenvalue weighted by Gasteiger charge is -2.33. The van der Waals surface area contributed by atoms with Crippen LogP contribution in [0.5, 0.6) is 0 Å². The number of thiophene rings is 1. The van der Waals surface area contributed by atoms with Crippen molar-refractivity contribution in [1.29, 1.82) is 0 Å². The molecule has 1 amide bonds. The molecule has 1 atom stereocenters. The van der Waals surface area contributed by atoms with Gasteiger partial charge in [-0.15, -0.1) is 11.3 Å². The normalized spacial score (nSPS) is 15.0. The van der Waals surface area contributed by atoms with Crippen LogP contribution in [0.1, 0.15) is 82.2 Å². The molecule has 7 heteroatoms. The Morgan fingerprint density at radius 3 is 2.48 bits per heavy atom. The lowest BCUT2D eigenvalue weighted by molar-refractivity contribution is 0.0526. The molecule has 2 aromatic carbocycles. The Morgan fingerprint density at radius 1 is 1.10 bits per heavy atom. The summed E-state index contributed by atoms with van der Waals surface area (Å²) >= 11 is 1.65. The van der Waals surface area contributed by atoms with Crippen LogP contribution in [0.4, 0.5) is 10.7 Å². The van der Waals surface area contributed by atoms with Crippen molar-refractivity contribution in [3.8, 4) is 5.69 Å². The van der Waals surface area contributed by atoms with Crippen molar-refractivity contribution in [1.82, 2.24) is 4.57 Å². The third-order valence-electron chi connectivity index (χ3n) is 8.16. The summed E-state index contributed by atoms with van der Waals surface area (Å²) in [4.78, 5) is 32.0. The number of hydrogen-bond donors (Lipinski definition) is 1. The number of fused-ring (bicyclic) bond motifs is 1. The van der Waals surface area contributed by atoms with Crippen molar-refractivity contribution in [2.24, 2.45) is 16.3 Å². The van der Waals surface area contributed by atoms with Gasteiger partial charge >= 0.3 is 5.97 Å². The van der Waals surface area contributed by atoms with Crippen LogP contribution < -0.4 is 5.32 Å². The van der Waals surface area contributed by atoms with E-state index in [1.165, 1.54) is 4.88 Å². The fourth-order valence-electron chi connectivity index (χ4n) is 5.76. The van der Waals surface area contributed by atoms with Gasteiger partial charge in [-0.1, -0.05) is 39.0 Å². The SMILES string of the molecule is CCOC(=O)c1ccc(-n2c(C)cc(C=Nc3sc4c(c3C(=O)Nc3ccccc3)CC[C@@H](C(C)(C)C)C4)c2C)cc1. The summed E-state index contributed by atoms with van der Waals surface area (Å²) < 4.78 is 7.27. The molecule has 218 valence electrons. The number of aromatic nitrogens is 1. The first kappa shape index (κ1) is 29.5. The molecule has 1 aliphatic rings. The highest BCUT2D eigenvalue weighted by molar-refractivity contribution is 7.16. The van der Waals surface area contributed by atoms with Gasteiger partial charge in [0.05, 0.1) is 17.7 Å². The molecular weight excluding hydrogens is 542 g/mol. The topological polar surface area (TPSA) is 72.7 Å². The number of carbonyl (C=O) groups is 2. The van der Waals surface area contributed by atoms with Gasteiger partial charge in [0, 0.05) is 39.4 Å². The average molecular weight is 582 g/mol. The third kappa shape index (κ3) is 6.12. The molecule has 0 saturated heterocycles. The summed E-state index contributed by atoms with van der Waals surface area (Å²) in [6, 6.07) is 19.1. The molecule has 0 fully saturated rings. The number of esters is 1. The van der Waals surface area contributed by atoms with E-state index in [0.29, 0.717) is 23.7 Å². The van der Waals surface area contributed by atoms with Crippen LogP contribution >= 0.6 is 11.3 Å². The van der Waals surface area contributed by atoms with Gasteiger partial charge in [0.2, 0.25) is 0 Å². The maximum atomic E-state index is 13.7. The maximum absolute atomic E-state index is 13.7. The summed E-state index contributed by atoms with van der Waals surface area (Å²) in [6.07, 6.45) is 4.81. The van der Waals surface area contributed by atoms with E-state index in [9.17, 15) is 9.59 Å². The fourth-order valence-corrected chi connectivity index (χ4v) is 7.02. The quantitative estimate of drug-likeness (QED) is 0.176. The standard InChI is InChI=1S/C35H39N3O3S/c1-7-41-34(40)24-13-16-28(17-14-24)38-22(2)19-25(23(38)3)21-36-33-31(32(39)37-27-11-9-8-10-12-27)29-18-15-26(35(4,5)6)20-30(29)42-33/h8-14,16-17,19,21,26H,7,15,18,20H2,1-6H3,(H,37,39)/t26-/m1/s1. The molecule has 0 aliphatic heterocycles. The third-order valence-corrected chi connectivity index (χ3v) is 9.32. The Labute approximate surface area is 252 Å². The van der Waals surface area contributed by atoms with Crippen molar-refractivity contribution in [3.05, 3.63) is 99.2 Å². The molecular formula is C35H39N3O3S. The highest BCUT2D eigenvalue weighted by atomic mass is 32.1. The van der Waals surface area contributed by atoms with Crippen LogP contribution in [-0.2, 0) is 17.6 Å². The van der Waals surface area contributed by atoms with Gasteiger partial charge in [-0.2, -0.15) is 0 Å². The highest BCUT2D eigenvalue weighted by Gasteiger charge is 2.33. The van der Waals surface area contributed by atoms with Crippen molar-refractivity contribution >= 4 is 40.1 Å². The van der Waals surface area contributed by atoms with Gasteiger partial charge in [0.15, 0.2) is 0 Å². The monoisotopic (exact) mass is 581 g/mol. The lowest BCUT2D eigenvalue weighted by Crippen LogP contribution is -2.27. The number of amides is 1. The van der Waals surface area contributed by atoms with E-state index in [1.807, 2.05) is 48.7 Å². The molecule has 0 unspecified atom stereocenters. The van der Waals surface area contributed by atoms with Crippen LogP contribution in [0, 0.1) is 25.2 Å². The van der Waals surface area contributed by atoms with E-state index < -0.39 is 0 Å². The first-order valence-electron chi connectivity index (χ1n) is 14.6. The van der Waals surface area contributed by atoms with Crippen LogP contribution in [-0.4, -0.2) is 29.3 Å². The summed E-state index contributed by atoms with van der Waals surface area (Å²) in [7, 11) is 0. The van der Waals surface area contributed by atoms with Gasteiger partial charge < -0.3 is 14.6 Å². The molecule has 0 saturated carbocycles. The van der Waals surface area contributed by atoms with E-state index in [-0.39, 0.29) is 17.3 Å². The molecule has 2 aromatic heterocycles. The van der Waals surface area contributed by atoms with Crippen LogP contribution in [0.25, 0.3) is 5.69 Å². The number of para-hydroxylation sites is 1. The summed E-state index contributed by atoms with van der Waals surface area (Å²) in [5.74, 6) is 0.143. The summed E-state index contributed by atoms with van der Waals surface area (Å²) in [6.45, 7) is 13.2. The van der Waals surface area contributed by atoms with Crippen molar-refractivity contribution in [2.75, 3.05) is 11.9 Å². The zero-order valence-electron chi connectivity index (χ0n) is 25.3.